The van der Waals surface area contributed by atoms with Gasteiger partial charge >= 0.3 is 6.16 Å². The van der Waals surface area contributed by atoms with Crippen molar-refractivity contribution in [2.45, 2.75) is 44.1 Å². The van der Waals surface area contributed by atoms with E-state index < -0.39 is 6.16 Å². The second-order valence-corrected chi connectivity index (χ2v) is 5.57. The molecule has 0 unspecified atom stereocenters. The summed E-state index contributed by atoms with van der Waals surface area (Å²) in [6, 6.07) is 0. The minimum absolute atomic E-state index is 0.231. The van der Waals surface area contributed by atoms with Gasteiger partial charge in [0, 0.05) is 0 Å². The third-order valence-electron chi connectivity index (χ3n) is 4.38. The summed E-state index contributed by atoms with van der Waals surface area (Å²) in [7, 11) is 0. The van der Waals surface area contributed by atoms with Crippen LogP contribution in [-0.2, 0) is 9.57 Å². The van der Waals surface area contributed by atoms with Crippen LogP contribution < -0.4 is 5.90 Å². The van der Waals surface area contributed by atoms with Gasteiger partial charge in [-0.2, -0.15) is 5.90 Å². The molecule has 0 aliphatic heterocycles. The molecule has 4 bridgehead atoms. The van der Waals surface area contributed by atoms with E-state index in [1.165, 1.54) is 19.3 Å². The summed E-state index contributed by atoms with van der Waals surface area (Å²) in [5, 5.41) is 0. The van der Waals surface area contributed by atoms with Gasteiger partial charge in [-0.25, -0.2) is 4.79 Å². The molecular formula is C11H17NO3. The van der Waals surface area contributed by atoms with Crippen molar-refractivity contribution in [2.24, 2.45) is 23.7 Å². The van der Waals surface area contributed by atoms with E-state index in [4.69, 9.17) is 10.6 Å². The first kappa shape index (κ1) is 9.46. The summed E-state index contributed by atoms with van der Waals surface area (Å²) in [5.41, 5.74) is -0.231. The van der Waals surface area contributed by atoms with Crippen LogP contribution >= 0.6 is 0 Å². The third-order valence-corrected chi connectivity index (χ3v) is 4.38. The highest BCUT2D eigenvalue weighted by molar-refractivity contribution is 5.60. The van der Waals surface area contributed by atoms with Gasteiger partial charge in [0.2, 0.25) is 0 Å². The van der Waals surface area contributed by atoms with E-state index in [0.29, 0.717) is 0 Å². The number of hydrogen-bond acceptors (Lipinski definition) is 4. The maximum atomic E-state index is 11.1. The standard InChI is InChI=1S/C11H17NO3/c12-15-10(13)14-11-4-7-1-8(5-11)3-9(2-7)6-11/h7-9H,1-6,12H2. The molecule has 4 nitrogen and oxygen atoms in total. The Morgan fingerprint density at radius 3 is 1.93 bits per heavy atom. The molecule has 4 heteroatoms. The number of carbonyl (C=O) groups excluding carboxylic acids is 1. The second kappa shape index (κ2) is 3.11. The molecule has 4 aliphatic rings. The summed E-state index contributed by atoms with van der Waals surface area (Å²) < 4.78 is 5.41. The summed E-state index contributed by atoms with van der Waals surface area (Å²) in [6.07, 6.45) is 6.36. The maximum absolute atomic E-state index is 11.1. The van der Waals surface area contributed by atoms with Crippen molar-refractivity contribution in [2.75, 3.05) is 0 Å². The molecule has 4 fully saturated rings. The van der Waals surface area contributed by atoms with E-state index in [-0.39, 0.29) is 5.60 Å². The predicted molar refractivity (Wildman–Crippen MR) is 52.7 cm³/mol. The fraction of sp³-hybridized carbons (Fsp3) is 0.909. The molecule has 4 saturated carbocycles. The summed E-state index contributed by atoms with van der Waals surface area (Å²) in [5.74, 6) is 7.12. The van der Waals surface area contributed by atoms with Crippen molar-refractivity contribution in [1.82, 2.24) is 0 Å². The van der Waals surface area contributed by atoms with Crippen molar-refractivity contribution in [1.29, 1.82) is 0 Å². The molecule has 0 atom stereocenters. The lowest BCUT2D eigenvalue weighted by atomic mass is 9.54. The summed E-state index contributed by atoms with van der Waals surface area (Å²) >= 11 is 0. The minimum atomic E-state index is -0.711. The van der Waals surface area contributed by atoms with Crippen LogP contribution in [-0.4, -0.2) is 11.8 Å². The molecule has 0 saturated heterocycles. The molecule has 4 aliphatic carbocycles. The number of nitrogens with two attached hydrogens (primary N) is 1. The molecule has 84 valence electrons. The molecule has 0 amide bonds. The highest BCUT2D eigenvalue weighted by Crippen LogP contribution is 2.57. The van der Waals surface area contributed by atoms with Crippen LogP contribution in [0.4, 0.5) is 4.79 Å². The molecule has 0 spiro atoms. The van der Waals surface area contributed by atoms with Crippen LogP contribution in [0.1, 0.15) is 38.5 Å². The lowest BCUT2D eigenvalue weighted by Gasteiger charge is -2.55. The molecule has 0 radical (unpaired) electrons. The van der Waals surface area contributed by atoms with Crippen LogP contribution in [0.5, 0.6) is 0 Å². The molecule has 0 heterocycles. The smallest absolute Gasteiger partial charge is 0.426 e. The molecule has 0 aromatic carbocycles. The van der Waals surface area contributed by atoms with E-state index in [1.54, 1.807) is 0 Å². The van der Waals surface area contributed by atoms with Crippen LogP contribution in [0.3, 0.4) is 0 Å². The zero-order valence-electron chi connectivity index (χ0n) is 8.78. The first-order valence-electron chi connectivity index (χ1n) is 5.79. The van der Waals surface area contributed by atoms with Crippen molar-refractivity contribution >= 4 is 6.16 Å². The van der Waals surface area contributed by atoms with Gasteiger partial charge in [0.1, 0.15) is 5.60 Å². The van der Waals surface area contributed by atoms with Crippen LogP contribution in [0.25, 0.3) is 0 Å². The Labute approximate surface area is 89.1 Å². The lowest BCUT2D eigenvalue weighted by molar-refractivity contribution is -0.142. The molecule has 2 N–H and O–H groups in total. The topological polar surface area (TPSA) is 61.5 Å². The van der Waals surface area contributed by atoms with E-state index in [1.807, 2.05) is 0 Å². The van der Waals surface area contributed by atoms with Gasteiger partial charge in [-0.3, -0.25) is 0 Å². The number of carbonyl (C=O) groups is 1. The zero-order chi connectivity index (χ0) is 10.5. The molecule has 0 aromatic heterocycles. The Hall–Kier alpha value is -0.770. The molecule has 4 rings (SSSR count). The lowest BCUT2D eigenvalue weighted by Crippen LogP contribution is -2.52. The van der Waals surface area contributed by atoms with Gasteiger partial charge in [-0.05, 0) is 56.3 Å². The van der Waals surface area contributed by atoms with Crippen LogP contribution in [0, 0.1) is 17.8 Å². The maximum Gasteiger partial charge on any atom is 0.528 e. The SMILES string of the molecule is NOC(=O)OC12CC3CC(CC(C3)C1)C2. The fourth-order valence-corrected chi connectivity index (χ4v) is 4.36. The van der Waals surface area contributed by atoms with Gasteiger partial charge in [0.05, 0.1) is 0 Å². The van der Waals surface area contributed by atoms with Crippen LogP contribution in [0.2, 0.25) is 0 Å². The highest BCUT2D eigenvalue weighted by Gasteiger charge is 2.53. The van der Waals surface area contributed by atoms with E-state index in [9.17, 15) is 4.79 Å². The Balaban J connectivity index is 1.78. The van der Waals surface area contributed by atoms with Crippen molar-refractivity contribution in [3.05, 3.63) is 0 Å². The van der Waals surface area contributed by atoms with Crippen molar-refractivity contribution in [3.63, 3.8) is 0 Å². The average Bonchev–Trinajstić information content (AvgIpc) is 2.14. The summed E-state index contributed by atoms with van der Waals surface area (Å²) in [4.78, 5) is 15.3. The Bertz CT molecular complexity index is 254. The Morgan fingerprint density at radius 2 is 1.53 bits per heavy atom. The average molecular weight is 211 g/mol. The van der Waals surface area contributed by atoms with Gasteiger partial charge in [-0.1, -0.05) is 0 Å². The fourth-order valence-electron chi connectivity index (χ4n) is 4.36. The normalized spacial score (nSPS) is 46.6. The van der Waals surface area contributed by atoms with E-state index >= 15 is 0 Å². The van der Waals surface area contributed by atoms with Crippen molar-refractivity contribution in [3.8, 4) is 0 Å². The van der Waals surface area contributed by atoms with Gasteiger partial charge in [0.25, 0.3) is 0 Å². The third kappa shape index (κ3) is 1.51. The molecular weight excluding hydrogens is 194 g/mol. The molecule has 15 heavy (non-hydrogen) atoms. The van der Waals surface area contributed by atoms with Gasteiger partial charge in [-0.15, -0.1) is 0 Å². The highest BCUT2D eigenvalue weighted by atomic mass is 16.8. The van der Waals surface area contributed by atoms with E-state index in [0.717, 1.165) is 37.0 Å². The number of hydrogen-bond donors (Lipinski definition) is 1. The predicted octanol–water partition coefficient (Wildman–Crippen LogP) is 1.98. The largest absolute Gasteiger partial charge is 0.528 e. The first-order valence-corrected chi connectivity index (χ1v) is 5.79. The number of ether oxygens (including phenoxy) is 1. The monoisotopic (exact) mass is 211 g/mol. The van der Waals surface area contributed by atoms with Crippen molar-refractivity contribution < 1.29 is 14.4 Å². The Kier molecular flexibility index (Phi) is 1.96. The van der Waals surface area contributed by atoms with E-state index in [2.05, 4.69) is 4.84 Å². The number of rotatable bonds is 1. The first-order chi connectivity index (χ1) is 7.19. The second-order valence-electron chi connectivity index (χ2n) is 5.57. The molecule has 0 aromatic rings. The minimum Gasteiger partial charge on any atom is -0.426 e. The quantitative estimate of drug-likeness (QED) is 0.532. The Morgan fingerprint density at radius 1 is 1.07 bits per heavy atom. The zero-order valence-corrected chi connectivity index (χ0v) is 8.78. The summed E-state index contributed by atoms with van der Waals surface area (Å²) in [6.45, 7) is 0. The van der Waals surface area contributed by atoms with Gasteiger partial charge < -0.3 is 9.57 Å². The van der Waals surface area contributed by atoms with Gasteiger partial charge in [0.15, 0.2) is 0 Å². The van der Waals surface area contributed by atoms with Crippen LogP contribution in [0.15, 0.2) is 0 Å².